The molecule has 2 aliphatic heterocycles. The summed E-state index contributed by atoms with van der Waals surface area (Å²) in [5.41, 5.74) is 0. The van der Waals surface area contributed by atoms with Gasteiger partial charge in [0, 0.05) is 32.1 Å². The molecule has 1 amide bonds. The summed E-state index contributed by atoms with van der Waals surface area (Å²) in [6, 6.07) is 0.453. The summed E-state index contributed by atoms with van der Waals surface area (Å²) in [6.07, 6.45) is 2.91. The molecular formula is C8H14N2OS2. The predicted octanol–water partition coefficient (Wildman–Crippen LogP) is 1.18. The zero-order valence-corrected chi connectivity index (χ0v) is 9.19. The lowest BCUT2D eigenvalue weighted by Gasteiger charge is -2.23. The number of carbonyl (C=O) groups is 1. The number of rotatable bonds is 2. The van der Waals surface area contributed by atoms with Crippen LogP contribution in [0.2, 0.25) is 0 Å². The molecule has 2 rings (SSSR count). The molecule has 2 saturated heterocycles. The summed E-state index contributed by atoms with van der Waals surface area (Å²) in [5.74, 6) is 0.344. The maximum Gasteiger partial charge on any atom is 0.222 e. The second-order valence-corrected chi connectivity index (χ2v) is 4.77. The minimum Gasteiger partial charge on any atom is -0.338 e. The Morgan fingerprint density at radius 2 is 2.31 bits per heavy atom. The van der Waals surface area contributed by atoms with Crippen LogP contribution in [0.25, 0.3) is 0 Å². The maximum absolute atomic E-state index is 11.4. The molecule has 3 nitrogen and oxygen atoms in total. The van der Waals surface area contributed by atoms with E-state index in [1.165, 1.54) is 11.0 Å². The van der Waals surface area contributed by atoms with Gasteiger partial charge >= 0.3 is 0 Å². The summed E-state index contributed by atoms with van der Waals surface area (Å²) in [7, 11) is 1.49. The molecule has 0 spiro atoms. The van der Waals surface area contributed by atoms with E-state index in [2.05, 4.69) is 16.0 Å². The second kappa shape index (κ2) is 4.11. The van der Waals surface area contributed by atoms with Crippen LogP contribution >= 0.6 is 22.6 Å². The third-order valence-electron chi connectivity index (χ3n) is 2.79. The monoisotopic (exact) mass is 218 g/mol. The van der Waals surface area contributed by atoms with Crippen LogP contribution in [0, 0.1) is 0 Å². The number of hydrogen-bond donors (Lipinski definition) is 1. The summed E-state index contributed by atoms with van der Waals surface area (Å²) in [4.78, 5) is 13.5. The number of hydrogen-bond acceptors (Lipinski definition) is 4. The molecule has 2 aliphatic rings. The predicted molar refractivity (Wildman–Crippen MR) is 57.5 cm³/mol. The highest BCUT2D eigenvalue weighted by Gasteiger charge is 2.32. The van der Waals surface area contributed by atoms with Gasteiger partial charge in [-0.1, -0.05) is 11.7 Å². The average molecular weight is 218 g/mol. The van der Waals surface area contributed by atoms with Crippen LogP contribution < -0.4 is 0 Å². The first-order valence-electron chi connectivity index (χ1n) is 4.67. The topological polar surface area (TPSA) is 23.6 Å². The first-order valence-corrected chi connectivity index (χ1v) is 6.50. The fraction of sp³-hybridized carbons (Fsp3) is 0.875. The molecule has 0 bridgehead atoms. The van der Waals surface area contributed by atoms with Gasteiger partial charge in [-0.05, 0) is 23.8 Å². The summed E-state index contributed by atoms with van der Waals surface area (Å²) in [5, 5.41) is 0. The van der Waals surface area contributed by atoms with Crippen molar-refractivity contribution in [1.29, 1.82) is 0 Å². The molecule has 1 unspecified atom stereocenters. The fourth-order valence-corrected chi connectivity index (χ4v) is 2.97. The number of carbonyl (C=O) groups excluding carboxylic acids is 1. The first-order chi connectivity index (χ1) is 6.31. The van der Waals surface area contributed by atoms with Gasteiger partial charge in [0.25, 0.3) is 0 Å². The molecule has 2 heterocycles. The lowest BCUT2D eigenvalue weighted by atomic mass is 10.2. The Hall–Kier alpha value is 0.130. The SMILES string of the molecule is O=C1CCCN1C1CCN(SS)C1. The Bertz CT molecular complexity index is 212. The van der Waals surface area contributed by atoms with Gasteiger partial charge in [0.1, 0.15) is 0 Å². The number of thiol groups is 1. The van der Waals surface area contributed by atoms with Crippen molar-refractivity contribution in [3.05, 3.63) is 0 Å². The molecule has 5 heteroatoms. The van der Waals surface area contributed by atoms with E-state index in [0.717, 1.165) is 38.9 Å². The highest BCUT2D eigenvalue weighted by molar-refractivity contribution is 8.67. The lowest BCUT2D eigenvalue weighted by Crippen LogP contribution is -2.37. The van der Waals surface area contributed by atoms with Crippen LogP contribution in [0.5, 0.6) is 0 Å². The van der Waals surface area contributed by atoms with Gasteiger partial charge in [0.2, 0.25) is 5.91 Å². The molecule has 0 saturated carbocycles. The fourth-order valence-electron chi connectivity index (χ4n) is 2.09. The van der Waals surface area contributed by atoms with E-state index >= 15 is 0 Å². The third-order valence-corrected chi connectivity index (χ3v) is 4.05. The first kappa shape index (κ1) is 9.68. The van der Waals surface area contributed by atoms with Gasteiger partial charge in [-0.15, -0.1) is 0 Å². The Balaban J connectivity index is 1.91. The molecule has 0 aromatic carbocycles. The van der Waals surface area contributed by atoms with E-state index in [1.54, 1.807) is 0 Å². The minimum atomic E-state index is 0.344. The molecule has 1 atom stereocenters. The molecule has 0 radical (unpaired) electrons. The quantitative estimate of drug-likeness (QED) is 0.428. The standard InChI is InChI=1S/C8H14N2OS2/c11-8-2-1-4-10(8)7-3-5-9(6-7)13-12/h7,12H,1-6H2. The van der Waals surface area contributed by atoms with Crippen molar-refractivity contribution in [3.63, 3.8) is 0 Å². The summed E-state index contributed by atoms with van der Waals surface area (Å²) >= 11 is 4.16. The molecule has 0 aromatic rings. The Labute approximate surface area is 87.8 Å². The molecule has 0 aromatic heterocycles. The van der Waals surface area contributed by atoms with Crippen LogP contribution in [0.15, 0.2) is 0 Å². The Morgan fingerprint density at radius 3 is 2.85 bits per heavy atom. The molecule has 74 valence electrons. The second-order valence-electron chi connectivity index (χ2n) is 3.60. The molecular weight excluding hydrogens is 204 g/mol. The van der Waals surface area contributed by atoms with Crippen LogP contribution in [0.4, 0.5) is 0 Å². The van der Waals surface area contributed by atoms with E-state index in [9.17, 15) is 4.79 Å². The van der Waals surface area contributed by atoms with Gasteiger partial charge in [0.05, 0.1) is 0 Å². The molecule has 0 N–H and O–H groups in total. The molecule has 0 aliphatic carbocycles. The van der Waals surface area contributed by atoms with Crippen LogP contribution in [-0.2, 0) is 4.79 Å². The highest BCUT2D eigenvalue weighted by atomic mass is 33.1. The van der Waals surface area contributed by atoms with Crippen molar-refractivity contribution in [3.8, 4) is 0 Å². The van der Waals surface area contributed by atoms with Crippen LogP contribution in [-0.4, -0.2) is 40.8 Å². The summed E-state index contributed by atoms with van der Waals surface area (Å²) < 4.78 is 2.21. The number of nitrogens with zero attached hydrogens (tertiary/aromatic N) is 2. The van der Waals surface area contributed by atoms with Gasteiger partial charge in [-0.25, -0.2) is 4.31 Å². The van der Waals surface area contributed by atoms with Crippen molar-refractivity contribution in [2.45, 2.75) is 25.3 Å². The minimum absolute atomic E-state index is 0.344. The normalized spacial score (nSPS) is 30.4. The van der Waals surface area contributed by atoms with Crippen LogP contribution in [0.1, 0.15) is 19.3 Å². The number of likely N-dealkylation sites (tertiary alicyclic amines) is 1. The lowest BCUT2D eigenvalue weighted by molar-refractivity contribution is -0.129. The zero-order valence-electron chi connectivity index (χ0n) is 7.48. The van der Waals surface area contributed by atoms with Gasteiger partial charge in [-0.2, -0.15) is 0 Å². The number of amides is 1. The molecule has 13 heavy (non-hydrogen) atoms. The molecule has 2 fully saturated rings. The van der Waals surface area contributed by atoms with Crippen molar-refractivity contribution in [2.75, 3.05) is 19.6 Å². The van der Waals surface area contributed by atoms with E-state index in [4.69, 9.17) is 0 Å². The van der Waals surface area contributed by atoms with Crippen molar-refractivity contribution in [2.24, 2.45) is 0 Å². The van der Waals surface area contributed by atoms with E-state index in [0.29, 0.717) is 11.9 Å². The van der Waals surface area contributed by atoms with Crippen molar-refractivity contribution < 1.29 is 4.79 Å². The van der Waals surface area contributed by atoms with E-state index in [-0.39, 0.29) is 0 Å². The largest absolute Gasteiger partial charge is 0.338 e. The van der Waals surface area contributed by atoms with Gasteiger partial charge < -0.3 is 4.90 Å². The maximum atomic E-state index is 11.4. The van der Waals surface area contributed by atoms with Crippen LogP contribution in [0.3, 0.4) is 0 Å². The van der Waals surface area contributed by atoms with E-state index < -0.39 is 0 Å². The van der Waals surface area contributed by atoms with Gasteiger partial charge in [0.15, 0.2) is 0 Å². The van der Waals surface area contributed by atoms with Crippen molar-refractivity contribution in [1.82, 2.24) is 9.21 Å². The average Bonchev–Trinajstić information content (AvgIpc) is 2.71. The third kappa shape index (κ3) is 1.97. The van der Waals surface area contributed by atoms with Crippen molar-refractivity contribution >= 4 is 28.5 Å². The smallest absolute Gasteiger partial charge is 0.222 e. The Morgan fingerprint density at radius 1 is 1.46 bits per heavy atom. The summed E-state index contributed by atoms with van der Waals surface area (Å²) in [6.45, 7) is 3.01. The highest BCUT2D eigenvalue weighted by Crippen LogP contribution is 2.26. The zero-order chi connectivity index (χ0) is 9.26. The van der Waals surface area contributed by atoms with E-state index in [1.807, 2.05) is 4.90 Å². The van der Waals surface area contributed by atoms with Gasteiger partial charge in [-0.3, -0.25) is 4.79 Å². The Kier molecular flexibility index (Phi) is 3.06.